The summed E-state index contributed by atoms with van der Waals surface area (Å²) >= 11 is 0. The lowest BCUT2D eigenvalue weighted by atomic mass is 9.90. The van der Waals surface area contributed by atoms with Gasteiger partial charge < -0.3 is 20.4 Å². The van der Waals surface area contributed by atoms with Gasteiger partial charge in [0, 0.05) is 41.6 Å². The number of rotatable bonds is 6. The van der Waals surface area contributed by atoms with Crippen LogP contribution < -0.4 is 20.9 Å². The molecule has 10 heteroatoms. The summed E-state index contributed by atoms with van der Waals surface area (Å²) in [6.45, 7) is 6.19. The van der Waals surface area contributed by atoms with Gasteiger partial charge in [-0.2, -0.15) is 0 Å². The number of hydrogen-bond donors (Lipinski definition) is 3. The molecule has 4 aromatic rings. The molecule has 39 heavy (non-hydrogen) atoms. The minimum Gasteiger partial charge on any atom is -0.455 e. The highest BCUT2D eigenvalue weighted by Crippen LogP contribution is 2.29. The van der Waals surface area contributed by atoms with Gasteiger partial charge in [-0.05, 0) is 23.8 Å². The number of allylic oxidation sites excluding steroid dienone is 1. The molecule has 0 bridgehead atoms. The summed E-state index contributed by atoms with van der Waals surface area (Å²) in [5.41, 5.74) is 2.60. The first-order valence-electron chi connectivity index (χ1n) is 12.4. The fourth-order valence-corrected chi connectivity index (χ4v) is 4.12. The lowest BCUT2D eigenvalue weighted by Crippen LogP contribution is -2.32. The van der Waals surface area contributed by atoms with E-state index >= 15 is 0 Å². The number of nitrogens with zero attached hydrogens (tertiary/aromatic N) is 3. The van der Waals surface area contributed by atoms with Gasteiger partial charge in [-0.25, -0.2) is 19.2 Å². The van der Waals surface area contributed by atoms with Gasteiger partial charge in [-0.3, -0.25) is 9.79 Å². The number of aromatic nitrogens is 3. The van der Waals surface area contributed by atoms with E-state index < -0.39 is 17.4 Å². The fraction of sp³-hybridized carbons (Fsp3) is 0.207. The monoisotopic (exact) mass is 526 g/mol. The van der Waals surface area contributed by atoms with Gasteiger partial charge in [0.2, 0.25) is 0 Å². The first kappa shape index (κ1) is 25.8. The van der Waals surface area contributed by atoms with Crippen LogP contribution in [0.3, 0.4) is 0 Å². The van der Waals surface area contributed by atoms with Crippen LogP contribution >= 0.6 is 0 Å². The SMILES string of the molecule is CC(C)(C)C1=NC(Cc2ccccc2)C(NC(=O)Nc2ccc(Oc3ccnc4[nH]c(=O)cnc34)cc2F)=C1. The smallest absolute Gasteiger partial charge is 0.323 e. The first-order chi connectivity index (χ1) is 18.7. The number of nitrogens with one attached hydrogen (secondary N) is 3. The average molecular weight is 527 g/mol. The second kappa shape index (κ2) is 10.5. The van der Waals surface area contributed by atoms with Gasteiger partial charge in [-0.1, -0.05) is 51.1 Å². The predicted octanol–water partition coefficient (Wildman–Crippen LogP) is 5.37. The Morgan fingerprint density at radius 3 is 2.62 bits per heavy atom. The third-order valence-electron chi connectivity index (χ3n) is 6.10. The summed E-state index contributed by atoms with van der Waals surface area (Å²) in [6.07, 6.45) is 5.08. The molecule has 3 N–H and O–H groups in total. The van der Waals surface area contributed by atoms with Gasteiger partial charge in [-0.15, -0.1) is 0 Å². The maximum atomic E-state index is 14.9. The van der Waals surface area contributed by atoms with Gasteiger partial charge >= 0.3 is 6.03 Å². The Hall–Kier alpha value is -4.86. The molecule has 2 aromatic heterocycles. The zero-order chi connectivity index (χ0) is 27.6. The van der Waals surface area contributed by atoms with Gasteiger partial charge in [0.25, 0.3) is 5.56 Å². The van der Waals surface area contributed by atoms with Crippen molar-refractivity contribution in [1.82, 2.24) is 20.3 Å². The minimum absolute atomic E-state index is 0.0166. The molecule has 1 aliphatic heterocycles. The highest BCUT2D eigenvalue weighted by atomic mass is 19.1. The van der Waals surface area contributed by atoms with Crippen molar-refractivity contribution in [3.05, 3.63) is 100 Å². The Balaban J connectivity index is 1.29. The van der Waals surface area contributed by atoms with E-state index in [9.17, 15) is 14.0 Å². The summed E-state index contributed by atoms with van der Waals surface area (Å²) in [5, 5.41) is 5.43. The van der Waals surface area contributed by atoms with Crippen molar-refractivity contribution in [1.29, 1.82) is 0 Å². The van der Waals surface area contributed by atoms with Crippen LogP contribution in [0.2, 0.25) is 0 Å². The molecule has 9 nitrogen and oxygen atoms in total. The van der Waals surface area contributed by atoms with Gasteiger partial charge in [0.1, 0.15) is 17.1 Å². The Labute approximate surface area is 223 Å². The number of fused-ring (bicyclic) bond motifs is 1. The third-order valence-corrected chi connectivity index (χ3v) is 6.10. The molecule has 2 amide bonds. The van der Waals surface area contributed by atoms with E-state index in [0.717, 1.165) is 23.5 Å². The lowest BCUT2D eigenvalue weighted by molar-refractivity contribution is 0.253. The molecular weight excluding hydrogens is 499 g/mol. The molecule has 1 unspecified atom stereocenters. The molecule has 0 aliphatic carbocycles. The molecule has 0 fully saturated rings. The molecule has 1 atom stereocenters. The molecule has 5 rings (SSSR count). The molecule has 0 spiro atoms. The summed E-state index contributed by atoms with van der Waals surface area (Å²) in [6, 6.07) is 14.7. The van der Waals surface area contributed by atoms with Crippen LogP contribution in [0.25, 0.3) is 11.2 Å². The largest absolute Gasteiger partial charge is 0.455 e. The molecule has 2 aromatic carbocycles. The standard InChI is InChI=1S/C29H27FN6O3/c1-29(2,3)24-15-22(21(33-24)13-17-7-5-4-6-8-17)35-28(38)34-20-10-9-18(14-19(20)30)39-23-11-12-31-27-26(23)32-16-25(37)36-27/h4-12,14-16,21H,13H2,1-3H3,(H,31,36,37)(H2,34,35,38). The van der Waals surface area contributed by atoms with Crippen molar-refractivity contribution < 1.29 is 13.9 Å². The molecule has 1 aliphatic rings. The van der Waals surface area contributed by atoms with Gasteiger partial charge in [0.05, 0.1) is 17.9 Å². The Kier molecular flexibility index (Phi) is 6.93. The number of aliphatic imine (C=N–C) groups is 1. The number of carbonyl (C=O) groups excluding carboxylic acids is 1. The Morgan fingerprint density at radius 1 is 1.08 bits per heavy atom. The normalized spacial score (nSPS) is 15.0. The second-order valence-corrected chi connectivity index (χ2v) is 10.1. The molecule has 3 heterocycles. The van der Waals surface area contributed by atoms with Crippen LogP contribution in [0.4, 0.5) is 14.9 Å². The van der Waals surface area contributed by atoms with Crippen LogP contribution in [0, 0.1) is 11.2 Å². The van der Waals surface area contributed by atoms with Crippen molar-refractivity contribution in [2.75, 3.05) is 5.32 Å². The highest BCUT2D eigenvalue weighted by Gasteiger charge is 2.28. The van der Waals surface area contributed by atoms with E-state index in [1.165, 1.54) is 18.3 Å². The quantitative estimate of drug-likeness (QED) is 0.312. The van der Waals surface area contributed by atoms with Crippen LogP contribution in [0.15, 0.2) is 88.6 Å². The number of hydrogen-bond acceptors (Lipinski definition) is 6. The number of halogens is 1. The van der Waals surface area contributed by atoms with Crippen molar-refractivity contribution >= 4 is 28.6 Å². The lowest BCUT2D eigenvalue weighted by Gasteiger charge is -2.17. The second-order valence-electron chi connectivity index (χ2n) is 10.1. The van der Waals surface area contributed by atoms with Crippen LogP contribution in [-0.2, 0) is 6.42 Å². The van der Waals surface area contributed by atoms with Crippen molar-refractivity contribution in [2.24, 2.45) is 10.4 Å². The number of pyridine rings is 1. The molecule has 0 radical (unpaired) electrons. The van der Waals surface area contributed by atoms with Crippen LogP contribution in [-0.4, -0.2) is 32.7 Å². The van der Waals surface area contributed by atoms with E-state index in [0.29, 0.717) is 23.4 Å². The minimum atomic E-state index is -0.685. The third kappa shape index (κ3) is 6.01. The molecule has 198 valence electrons. The number of carbonyl (C=O) groups is 1. The van der Waals surface area contributed by atoms with E-state index in [1.807, 2.05) is 36.4 Å². The number of anilines is 1. The Bertz CT molecular complexity index is 1660. The van der Waals surface area contributed by atoms with E-state index in [1.54, 1.807) is 6.07 Å². The summed E-state index contributed by atoms with van der Waals surface area (Å²) < 4.78 is 20.7. The number of ether oxygens (including phenoxy) is 1. The number of H-pyrrole nitrogens is 1. The maximum Gasteiger partial charge on any atom is 0.323 e. The molecule has 0 saturated heterocycles. The summed E-state index contributed by atoms with van der Waals surface area (Å²) in [4.78, 5) is 39.9. The highest BCUT2D eigenvalue weighted by molar-refractivity contribution is 6.02. The maximum absolute atomic E-state index is 14.9. The number of urea groups is 1. The van der Waals surface area contributed by atoms with Crippen LogP contribution in [0.1, 0.15) is 26.3 Å². The van der Waals surface area contributed by atoms with E-state index in [4.69, 9.17) is 9.73 Å². The summed E-state index contributed by atoms with van der Waals surface area (Å²) in [5.74, 6) is -0.208. The fourth-order valence-electron chi connectivity index (χ4n) is 4.12. The topological polar surface area (TPSA) is 121 Å². The van der Waals surface area contributed by atoms with Crippen molar-refractivity contribution in [2.45, 2.75) is 33.2 Å². The Morgan fingerprint density at radius 2 is 1.87 bits per heavy atom. The zero-order valence-electron chi connectivity index (χ0n) is 21.7. The molecule has 0 saturated carbocycles. The number of amides is 2. The van der Waals surface area contributed by atoms with E-state index in [-0.39, 0.29) is 28.5 Å². The number of aromatic amines is 1. The average Bonchev–Trinajstić information content (AvgIpc) is 3.29. The zero-order valence-corrected chi connectivity index (χ0v) is 21.7. The summed E-state index contributed by atoms with van der Waals surface area (Å²) in [7, 11) is 0. The van der Waals surface area contributed by atoms with Crippen molar-refractivity contribution in [3.63, 3.8) is 0 Å². The van der Waals surface area contributed by atoms with Crippen molar-refractivity contribution in [3.8, 4) is 11.5 Å². The van der Waals surface area contributed by atoms with Crippen LogP contribution in [0.5, 0.6) is 11.5 Å². The molecular formula is C29H27FN6O3. The predicted molar refractivity (Wildman–Crippen MR) is 148 cm³/mol. The first-order valence-corrected chi connectivity index (χ1v) is 12.4. The van der Waals surface area contributed by atoms with Gasteiger partial charge in [0.15, 0.2) is 11.4 Å². The number of benzene rings is 2. The van der Waals surface area contributed by atoms with E-state index in [2.05, 4.69) is 46.4 Å².